The van der Waals surface area contributed by atoms with Gasteiger partial charge in [-0.05, 0) is 26.1 Å². The van der Waals surface area contributed by atoms with Crippen LogP contribution in [0, 0.1) is 0 Å². The van der Waals surface area contributed by atoms with Crippen LogP contribution in [0.25, 0.3) is 0 Å². The number of hydrogen-bond donors (Lipinski definition) is 2. The Morgan fingerprint density at radius 2 is 1.70 bits per heavy atom. The Balaban J connectivity index is 2.59. The summed E-state index contributed by atoms with van der Waals surface area (Å²) in [6.07, 6.45) is -4.69. The van der Waals surface area contributed by atoms with Crippen molar-refractivity contribution in [2.75, 3.05) is 40.3 Å². The van der Waals surface area contributed by atoms with Crippen LogP contribution in [0.4, 0.5) is 13.2 Å². The average Bonchev–Trinajstić information content (AvgIpc) is 2.43. The Bertz CT molecular complexity index is 443. The molecule has 0 bridgehead atoms. The molecule has 0 amide bonds. The molecule has 2 N–H and O–H groups in total. The van der Waals surface area contributed by atoms with E-state index in [0.717, 1.165) is 10.5 Å². The van der Waals surface area contributed by atoms with Gasteiger partial charge >= 0.3 is 6.18 Å². The summed E-state index contributed by atoms with van der Waals surface area (Å²) in [5.41, 5.74) is 1.000. The Morgan fingerprint density at radius 1 is 1.09 bits per heavy atom. The van der Waals surface area contributed by atoms with Crippen LogP contribution < -0.4 is 0 Å². The number of aliphatic hydroxyl groups excluding tert-OH is 2. The average molecular weight is 334 g/mol. The molecule has 0 saturated carbocycles. The molecule has 7 heteroatoms. The molecule has 0 radical (unpaired) electrons. The van der Waals surface area contributed by atoms with E-state index >= 15 is 0 Å². The molecule has 0 aliphatic rings. The molecule has 1 aromatic rings. The zero-order valence-electron chi connectivity index (χ0n) is 13.5. The fourth-order valence-electron chi connectivity index (χ4n) is 2.69. The summed E-state index contributed by atoms with van der Waals surface area (Å²) in [6, 6.07) is 9.43. The van der Waals surface area contributed by atoms with E-state index < -0.39 is 18.8 Å². The molecule has 1 rings (SSSR count). The summed E-state index contributed by atoms with van der Waals surface area (Å²) < 4.78 is 36.9. The maximum atomic E-state index is 12.3. The smallest absolute Gasteiger partial charge is 0.396 e. The van der Waals surface area contributed by atoms with E-state index in [2.05, 4.69) is 0 Å². The molecule has 0 aliphatic heterocycles. The van der Waals surface area contributed by atoms with Gasteiger partial charge in [-0.2, -0.15) is 13.2 Å². The third kappa shape index (κ3) is 7.78. The second-order valence-electron chi connectivity index (χ2n) is 5.84. The van der Waals surface area contributed by atoms with E-state index in [1.165, 1.54) is 7.05 Å². The Kier molecular flexibility index (Phi) is 7.98. The molecule has 0 fully saturated rings. The Hall–Kier alpha value is -1.15. The molecular weight excluding hydrogens is 309 g/mol. The number of aliphatic hydroxyl groups is 2. The minimum absolute atomic E-state index is 0.00598. The Morgan fingerprint density at radius 3 is 2.22 bits per heavy atom. The number of hydrogen-bond acceptors (Lipinski definition) is 4. The molecule has 23 heavy (non-hydrogen) atoms. The van der Waals surface area contributed by atoms with Gasteiger partial charge < -0.3 is 10.2 Å². The van der Waals surface area contributed by atoms with Crippen LogP contribution in [0.1, 0.15) is 18.0 Å². The predicted molar refractivity (Wildman–Crippen MR) is 83.1 cm³/mol. The molecule has 0 saturated heterocycles. The first kappa shape index (κ1) is 19.9. The van der Waals surface area contributed by atoms with Crippen molar-refractivity contribution < 1.29 is 23.4 Å². The van der Waals surface area contributed by atoms with Crippen LogP contribution in [0.5, 0.6) is 0 Å². The standard InChI is InChI=1S/C16H25F3N2O2/c1-20(12-16(17,18)19)10-14(23)11-21(2)15(8-9-22)13-6-4-3-5-7-13/h3-7,14-15,22-23H,8-12H2,1-2H3/t14-,15-/m1/s1. The van der Waals surface area contributed by atoms with Crippen molar-refractivity contribution in [3.8, 4) is 0 Å². The summed E-state index contributed by atoms with van der Waals surface area (Å²) in [4.78, 5) is 2.92. The Labute approximate surface area is 135 Å². The zero-order valence-corrected chi connectivity index (χ0v) is 13.5. The van der Waals surface area contributed by atoms with Crippen molar-refractivity contribution in [1.82, 2.24) is 9.80 Å². The van der Waals surface area contributed by atoms with Gasteiger partial charge in [-0.1, -0.05) is 30.3 Å². The third-order valence-corrected chi connectivity index (χ3v) is 3.59. The van der Waals surface area contributed by atoms with E-state index in [1.807, 2.05) is 35.2 Å². The summed E-state index contributed by atoms with van der Waals surface area (Å²) in [5.74, 6) is 0. The van der Waals surface area contributed by atoms with Crippen LogP contribution in [0.15, 0.2) is 30.3 Å². The number of halogens is 3. The molecule has 0 aromatic heterocycles. The number of benzene rings is 1. The highest BCUT2D eigenvalue weighted by molar-refractivity contribution is 5.19. The minimum atomic E-state index is -4.27. The monoisotopic (exact) mass is 334 g/mol. The van der Waals surface area contributed by atoms with Gasteiger partial charge in [-0.15, -0.1) is 0 Å². The van der Waals surface area contributed by atoms with Crippen molar-refractivity contribution in [1.29, 1.82) is 0 Å². The fourth-order valence-corrected chi connectivity index (χ4v) is 2.69. The number of rotatable bonds is 9. The topological polar surface area (TPSA) is 46.9 Å². The lowest BCUT2D eigenvalue weighted by Gasteiger charge is -2.31. The first-order chi connectivity index (χ1) is 10.7. The largest absolute Gasteiger partial charge is 0.401 e. The number of alkyl halides is 3. The normalized spacial score (nSPS) is 15.2. The van der Waals surface area contributed by atoms with E-state index in [1.54, 1.807) is 7.05 Å². The number of likely N-dealkylation sites (N-methyl/N-ethyl adjacent to an activating group) is 2. The van der Waals surface area contributed by atoms with E-state index in [4.69, 9.17) is 0 Å². The number of nitrogens with zero attached hydrogens (tertiary/aromatic N) is 2. The SMILES string of the molecule is CN(C[C@@H](O)CN(C)[C@H](CCO)c1ccccc1)CC(F)(F)F. The van der Waals surface area contributed by atoms with Crippen molar-refractivity contribution in [2.24, 2.45) is 0 Å². The maximum Gasteiger partial charge on any atom is 0.401 e. The van der Waals surface area contributed by atoms with Crippen molar-refractivity contribution in [3.63, 3.8) is 0 Å². The molecule has 0 aliphatic carbocycles. The van der Waals surface area contributed by atoms with E-state index in [9.17, 15) is 23.4 Å². The highest BCUT2D eigenvalue weighted by Crippen LogP contribution is 2.23. The summed E-state index contributed by atoms with van der Waals surface area (Å²) in [5, 5.41) is 19.3. The van der Waals surface area contributed by atoms with Crippen LogP contribution in [0.3, 0.4) is 0 Å². The van der Waals surface area contributed by atoms with Crippen LogP contribution in [-0.4, -0.2) is 72.6 Å². The van der Waals surface area contributed by atoms with Gasteiger partial charge in [0.25, 0.3) is 0 Å². The highest BCUT2D eigenvalue weighted by atomic mass is 19.4. The first-order valence-electron chi connectivity index (χ1n) is 7.52. The summed E-state index contributed by atoms with van der Waals surface area (Å²) in [7, 11) is 3.12. The zero-order chi connectivity index (χ0) is 17.5. The summed E-state index contributed by atoms with van der Waals surface area (Å²) >= 11 is 0. The maximum absolute atomic E-state index is 12.3. The molecule has 2 atom stereocenters. The van der Waals surface area contributed by atoms with Gasteiger partial charge in [-0.25, -0.2) is 0 Å². The lowest BCUT2D eigenvalue weighted by molar-refractivity contribution is -0.145. The quantitative estimate of drug-likeness (QED) is 0.724. The van der Waals surface area contributed by atoms with Gasteiger partial charge in [0.05, 0.1) is 12.6 Å². The van der Waals surface area contributed by atoms with Gasteiger partial charge in [0.1, 0.15) is 0 Å². The van der Waals surface area contributed by atoms with E-state index in [-0.39, 0.29) is 25.7 Å². The fraction of sp³-hybridized carbons (Fsp3) is 0.625. The molecule has 0 heterocycles. The lowest BCUT2D eigenvalue weighted by Crippen LogP contribution is -2.41. The second-order valence-corrected chi connectivity index (χ2v) is 5.84. The van der Waals surface area contributed by atoms with Gasteiger partial charge in [0, 0.05) is 25.7 Å². The highest BCUT2D eigenvalue weighted by Gasteiger charge is 2.30. The van der Waals surface area contributed by atoms with Crippen LogP contribution in [0.2, 0.25) is 0 Å². The molecule has 4 nitrogen and oxygen atoms in total. The summed E-state index contributed by atoms with van der Waals surface area (Å²) in [6.45, 7) is -0.896. The molecule has 132 valence electrons. The predicted octanol–water partition coefficient (Wildman–Crippen LogP) is 1.90. The van der Waals surface area contributed by atoms with Crippen molar-refractivity contribution in [3.05, 3.63) is 35.9 Å². The van der Waals surface area contributed by atoms with Gasteiger partial charge in [-0.3, -0.25) is 9.80 Å². The van der Waals surface area contributed by atoms with Crippen molar-refractivity contribution in [2.45, 2.75) is 24.7 Å². The molecule has 1 aromatic carbocycles. The van der Waals surface area contributed by atoms with Gasteiger partial charge in [0.2, 0.25) is 0 Å². The first-order valence-corrected chi connectivity index (χ1v) is 7.52. The minimum Gasteiger partial charge on any atom is -0.396 e. The van der Waals surface area contributed by atoms with Crippen molar-refractivity contribution >= 4 is 0 Å². The van der Waals surface area contributed by atoms with E-state index in [0.29, 0.717) is 6.42 Å². The van der Waals surface area contributed by atoms with Crippen LogP contribution >= 0.6 is 0 Å². The molecule has 0 spiro atoms. The second kappa shape index (κ2) is 9.22. The van der Waals surface area contributed by atoms with Crippen LogP contribution in [-0.2, 0) is 0 Å². The van der Waals surface area contributed by atoms with Gasteiger partial charge in [0.15, 0.2) is 0 Å². The molecule has 0 unspecified atom stereocenters. The lowest BCUT2D eigenvalue weighted by atomic mass is 10.0. The third-order valence-electron chi connectivity index (χ3n) is 3.59. The molecular formula is C16H25F3N2O2.